The van der Waals surface area contributed by atoms with Gasteiger partial charge in [0.1, 0.15) is 11.6 Å². The molecule has 0 fully saturated rings. The van der Waals surface area contributed by atoms with Crippen molar-refractivity contribution >= 4 is 11.0 Å². The third-order valence-electron chi connectivity index (χ3n) is 7.54. The van der Waals surface area contributed by atoms with Crippen LogP contribution in [0.2, 0.25) is 0 Å². The molecule has 0 saturated heterocycles. The van der Waals surface area contributed by atoms with E-state index in [1.54, 1.807) is 0 Å². The molecule has 40 heavy (non-hydrogen) atoms. The lowest BCUT2D eigenvalue weighted by Crippen LogP contribution is -2.05. The van der Waals surface area contributed by atoms with Crippen molar-refractivity contribution in [1.29, 1.82) is 0 Å². The van der Waals surface area contributed by atoms with Crippen molar-refractivity contribution in [3.63, 3.8) is 0 Å². The minimum atomic E-state index is 0.591. The standard InChI is InChI=1S/C32H34N8/c1-5-10-29-35-30-20(4)17-23(31-33-26(6-2)27(7-3)34-31)18-28(30)40(29)19-21-13-15-22(16-14-21)24-11-8-9-12-25(24)32-36-38-39-37-32/h8-9,11-18H,5-7,10,19H2,1-4H3,(H,33,34)(H,36,37,38,39). The van der Waals surface area contributed by atoms with Crippen LogP contribution < -0.4 is 0 Å². The summed E-state index contributed by atoms with van der Waals surface area (Å²) < 4.78 is 2.38. The largest absolute Gasteiger partial charge is 0.342 e. The van der Waals surface area contributed by atoms with Crippen LogP contribution in [0.25, 0.3) is 44.9 Å². The number of aromatic nitrogens is 8. The summed E-state index contributed by atoms with van der Waals surface area (Å²) in [6.45, 7) is 9.44. The van der Waals surface area contributed by atoms with Gasteiger partial charge in [-0.3, -0.25) is 0 Å². The molecule has 0 unspecified atom stereocenters. The highest BCUT2D eigenvalue weighted by Crippen LogP contribution is 2.31. The van der Waals surface area contributed by atoms with Crippen molar-refractivity contribution < 1.29 is 0 Å². The van der Waals surface area contributed by atoms with E-state index in [4.69, 9.17) is 9.97 Å². The van der Waals surface area contributed by atoms with Crippen molar-refractivity contribution in [3.05, 3.63) is 89.0 Å². The van der Waals surface area contributed by atoms with Crippen molar-refractivity contribution in [2.24, 2.45) is 0 Å². The van der Waals surface area contributed by atoms with Crippen LogP contribution in [0.15, 0.2) is 60.7 Å². The number of nitrogens with one attached hydrogen (secondary N) is 2. The van der Waals surface area contributed by atoms with E-state index in [1.807, 2.05) is 18.2 Å². The van der Waals surface area contributed by atoms with E-state index in [0.29, 0.717) is 5.82 Å². The van der Waals surface area contributed by atoms with E-state index >= 15 is 0 Å². The molecule has 3 aromatic heterocycles. The van der Waals surface area contributed by atoms with Crippen molar-refractivity contribution in [2.75, 3.05) is 0 Å². The number of benzene rings is 3. The Hall–Kier alpha value is -4.59. The number of nitrogens with zero attached hydrogens (tertiary/aromatic N) is 6. The highest BCUT2D eigenvalue weighted by atomic mass is 15.5. The molecule has 0 saturated carbocycles. The van der Waals surface area contributed by atoms with E-state index in [9.17, 15) is 0 Å². The second-order valence-corrected chi connectivity index (χ2v) is 10.2. The second-order valence-electron chi connectivity index (χ2n) is 10.2. The summed E-state index contributed by atoms with van der Waals surface area (Å²) in [5, 5.41) is 14.7. The van der Waals surface area contributed by atoms with Crippen LogP contribution in [-0.4, -0.2) is 40.1 Å². The number of hydrogen-bond donors (Lipinski definition) is 2. The first-order valence-electron chi connectivity index (χ1n) is 14.1. The molecule has 0 amide bonds. The molecule has 8 nitrogen and oxygen atoms in total. The zero-order valence-corrected chi connectivity index (χ0v) is 23.5. The number of tetrazole rings is 1. The predicted molar refractivity (Wildman–Crippen MR) is 159 cm³/mol. The summed E-state index contributed by atoms with van der Waals surface area (Å²) in [4.78, 5) is 13.6. The SMILES string of the molecule is CCCc1nc2c(C)cc(-c3nc(CC)c(CC)[nH]3)cc2n1Cc1ccc(-c2ccccc2-c2nn[nH]n2)cc1. The number of hydrogen-bond acceptors (Lipinski definition) is 5. The predicted octanol–water partition coefficient (Wildman–Crippen LogP) is 6.71. The lowest BCUT2D eigenvalue weighted by Gasteiger charge is -2.12. The van der Waals surface area contributed by atoms with Crippen LogP contribution in [0, 0.1) is 6.92 Å². The van der Waals surface area contributed by atoms with E-state index in [-0.39, 0.29) is 0 Å². The molecule has 3 heterocycles. The van der Waals surface area contributed by atoms with Crippen LogP contribution in [0.4, 0.5) is 0 Å². The summed E-state index contributed by atoms with van der Waals surface area (Å²) >= 11 is 0. The van der Waals surface area contributed by atoms with Crippen LogP contribution in [0.1, 0.15) is 55.5 Å². The molecular formula is C32H34N8. The summed E-state index contributed by atoms with van der Waals surface area (Å²) in [5.74, 6) is 2.65. The highest BCUT2D eigenvalue weighted by Gasteiger charge is 2.17. The Morgan fingerprint density at radius 1 is 0.850 bits per heavy atom. The van der Waals surface area contributed by atoms with Gasteiger partial charge in [-0.25, -0.2) is 9.97 Å². The van der Waals surface area contributed by atoms with Gasteiger partial charge in [-0.2, -0.15) is 5.21 Å². The van der Waals surface area contributed by atoms with Gasteiger partial charge in [-0.15, -0.1) is 10.2 Å². The third-order valence-corrected chi connectivity index (χ3v) is 7.54. The molecule has 0 aliphatic carbocycles. The average molecular weight is 531 g/mol. The maximum Gasteiger partial charge on any atom is 0.205 e. The van der Waals surface area contributed by atoms with Gasteiger partial charge in [0, 0.05) is 29.8 Å². The van der Waals surface area contributed by atoms with Crippen LogP contribution >= 0.6 is 0 Å². The van der Waals surface area contributed by atoms with Crippen molar-refractivity contribution in [3.8, 4) is 33.9 Å². The van der Waals surface area contributed by atoms with Gasteiger partial charge < -0.3 is 9.55 Å². The molecule has 6 rings (SSSR count). The monoisotopic (exact) mass is 530 g/mol. The van der Waals surface area contributed by atoms with Gasteiger partial charge in [-0.05, 0) is 65.8 Å². The van der Waals surface area contributed by atoms with E-state index in [2.05, 4.69) is 100 Å². The van der Waals surface area contributed by atoms with Gasteiger partial charge in [0.2, 0.25) is 5.82 Å². The van der Waals surface area contributed by atoms with Gasteiger partial charge >= 0.3 is 0 Å². The quantitative estimate of drug-likeness (QED) is 0.216. The Kier molecular flexibility index (Phi) is 6.99. The van der Waals surface area contributed by atoms with Crippen molar-refractivity contribution in [1.82, 2.24) is 40.1 Å². The fraction of sp³-hybridized carbons (Fsp3) is 0.281. The fourth-order valence-electron chi connectivity index (χ4n) is 5.51. The molecular weight excluding hydrogens is 496 g/mol. The summed E-state index contributed by atoms with van der Waals surface area (Å²) in [6, 6.07) is 21.4. The Morgan fingerprint density at radius 2 is 1.65 bits per heavy atom. The Balaban J connectivity index is 1.38. The molecule has 0 aliphatic heterocycles. The molecule has 8 heteroatoms. The second kappa shape index (κ2) is 10.9. The van der Waals surface area contributed by atoms with Crippen LogP contribution in [0.3, 0.4) is 0 Å². The van der Waals surface area contributed by atoms with Gasteiger partial charge in [0.05, 0.1) is 16.7 Å². The normalized spacial score (nSPS) is 11.5. The lowest BCUT2D eigenvalue weighted by molar-refractivity contribution is 0.722. The minimum Gasteiger partial charge on any atom is -0.342 e. The van der Waals surface area contributed by atoms with E-state index in [1.165, 1.54) is 16.8 Å². The fourth-order valence-corrected chi connectivity index (χ4v) is 5.51. The van der Waals surface area contributed by atoms with Gasteiger partial charge in [0.15, 0.2) is 0 Å². The molecule has 2 N–H and O–H groups in total. The number of fused-ring (bicyclic) bond motifs is 1. The first-order chi connectivity index (χ1) is 19.6. The van der Waals surface area contributed by atoms with Crippen molar-refractivity contribution in [2.45, 2.75) is 59.9 Å². The molecule has 0 aliphatic rings. The highest BCUT2D eigenvalue weighted by molar-refractivity contribution is 5.85. The zero-order chi connectivity index (χ0) is 27.6. The summed E-state index contributed by atoms with van der Waals surface area (Å²) in [6.07, 6.45) is 3.85. The van der Waals surface area contributed by atoms with E-state index in [0.717, 1.165) is 82.9 Å². The number of aromatic amines is 2. The first-order valence-corrected chi connectivity index (χ1v) is 14.1. The first kappa shape index (κ1) is 25.7. The van der Waals surface area contributed by atoms with E-state index < -0.39 is 0 Å². The molecule has 0 atom stereocenters. The van der Waals surface area contributed by atoms with Crippen LogP contribution in [-0.2, 0) is 25.8 Å². The molecule has 202 valence electrons. The number of imidazole rings is 2. The zero-order valence-electron chi connectivity index (χ0n) is 23.5. The molecule has 3 aromatic carbocycles. The smallest absolute Gasteiger partial charge is 0.205 e. The van der Waals surface area contributed by atoms with Gasteiger partial charge in [-0.1, -0.05) is 69.3 Å². The minimum absolute atomic E-state index is 0.591. The Morgan fingerprint density at radius 3 is 2.33 bits per heavy atom. The van der Waals surface area contributed by atoms with Gasteiger partial charge in [0.25, 0.3) is 0 Å². The Bertz CT molecular complexity index is 1740. The molecule has 0 spiro atoms. The number of rotatable bonds is 9. The maximum absolute atomic E-state index is 5.10. The lowest BCUT2D eigenvalue weighted by atomic mass is 9.98. The summed E-state index contributed by atoms with van der Waals surface area (Å²) in [7, 11) is 0. The number of H-pyrrole nitrogens is 2. The van der Waals surface area contributed by atoms with Crippen LogP contribution in [0.5, 0.6) is 0 Å². The third kappa shape index (κ3) is 4.70. The number of aryl methyl sites for hydroxylation is 4. The maximum atomic E-state index is 5.10. The molecule has 0 radical (unpaired) electrons. The summed E-state index contributed by atoms with van der Waals surface area (Å²) in [5.41, 5.74) is 11.2. The topological polar surface area (TPSA) is 101 Å². The molecule has 6 aromatic rings. The average Bonchev–Trinajstić information content (AvgIpc) is 3.74. The molecule has 0 bridgehead atoms. The Labute approximate surface area is 233 Å².